The molecule has 0 fully saturated rings. The SMILES string of the molecule is [C-]#[N+]c1cccc(Oc2cccc(Cl)c2)c1. The molecular weight excluding hydrogens is 222 g/mol. The van der Waals surface area contributed by atoms with E-state index < -0.39 is 0 Å². The molecule has 3 heteroatoms. The minimum Gasteiger partial charge on any atom is -0.459 e. The number of nitrogens with zero attached hydrogens (tertiary/aromatic N) is 1. The van der Waals surface area contributed by atoms with Crippen LogP contribution in [0.25, 0.3) is 4.85 Å². The van der Waals surface area contributed by atoms with Crippen LogP contribution in [-0.2, 0) is 0 Å². The van der Waals surface area contributed by atoms with Crippen molar-refractivity contribution in [2.24, 2.45) is 0 Å². The second kappa shape index (κ2) is 4.69. The van der Waals surface area contributed by atoms with Gasteiger partial charge in [0, 0.05) is 5.02 Å². The van der Waals surface area contributed by atoms with Gasteiger partial charge in [0.1, 0.15) is 11.5 Å². The Hall–Kier alpha value is -1.98. The number of halogens is 1. The van der Waals surface area contributed by atoms with Gasteiger partial charge in [0.25, 0.3) is 0 Å². The first kappa shape index (κ1) is 10.5. The van der Waals surface area contributed by atoms with E-state index in [4.69, 9.17) is 22.9 Å². The van der Waals surface area contributed by atoms with Crippen LogP contribution < -0.4 is 4.74 Å². The molecule has 0 heterocycles. The molecule has 0 amide bonds. The lowest BCUT2D eigenvalue weighted by atomic mass is 10.3. The predicted octanol–water partition coefficient (Wildman–Crippen LogP) is 4.68. The highest BCUT2D eigenvalue weighted by molar-refractivity contribution is 6.30. The van der Waals surface area contributed by atoms with E-state index in [1.54, 1.807) is 36.4 Å². The Morgan fingerprint density at radius 1 is 1.00 bits per heavy atom. The van der Waals surface area contributed by atoms with E-state index in [0.717, 1.165) is 0 Å². The zero-order valence-corrected chi connectivity index (χ0v) is 9.11. The van der Waals surface area contributed by atoms with Gasteiger partial charge in [-0.25, -0.2) is 4.85 Å². The maximum absolute atomic E-state index is 6.90. The molecular formula is C13H8ClNO. The van der Waals surface area contributed by atoms with Crippen LogP contribution in [0.5, 0.6) is 11.5 Å². The van der Waals surface area contributed by atoms with Gasteiger partial charge in [-0.1, -0.05) is 29.8 Å². The highest BCUT2D eigenvalue weighted by Gasteiger charge is 1.99. The van der Waals surface area contributed by atoms with Gasteiger partial charge in [-0.3, -0.25) is 0 Å². The molecule has 0 saturated heterocycles. The smallest absolute Gasteiger partial charge is 0.190 e. The summed E-state index contributed by atoms with van der Waals surface area (Å²) >= 11 is 5.84. The van der Waals surface area contributed by atoms with Crippen LogP contribution in [0.3, 0.4) is 0 Å². The third-order valence-electron chi connectivity index (χ3n) is 1.98. The van der Waals surface area contributed by atoms with E-state index in [1.807, 2.05) is 12.1 Å². The first-order valence-electron chi connectivity index (χ1n) is 4.69. The van der Waals surface area contributed by atoms with Gasteiger partial charge in [-0.15, -0.1) is 0 Å². The number of rotatable bonds is 2. The molecule has 2 aromatic rings. The van der Waals surface area contributed by atoms with Crippen molar-refractivity contribution in [3.63, 3.8) is 0 Å². The van der Waals surface area contributed by atoms with Crippen molar-refractivity contribution < 1.29 is 4.74 Å². The topological polar surface area (TPSA) is 13.6 Å². The number of hydrogen-bond donors (Lipinski definition) is 0. The van der Waals surface area contributed by atoms with Crippen molar-refractivity contribution in [1.82, 2.24) is 0 Å². The largest absolute Gasteiger partial charge is 0.459 e. The zero-order valence-electron chi connectivity index (χ0n) is 8.35. The van der Waals surface area contributed by atoms with Crippen molar-refractivity contribution in [2.75, 3.05) is 0 Å². The number of hydrogen-bond acceptors (Lipinski definition) is 1. The lowest BCUT2D eigenvalue weighted by molar-refractivity contribution is 0.483. The predicted molar refractivity (Wildman–Crippen MR) is 64.2 cm³/mol. The number of ether oxygens (including phenoxy) is 1. The van der Waals surface area contributed by atoms with E-state index in [0.29, 0.717) is 22.2 Å². The van der Waals surface area contributed by atoms with E-state index in [2.05, 4.69) is 4.85 Å². The van der Waals surface area contributed by atoms with Gasteiger partial charge in [-0.05, 0) is 30.3 Å². The molecule has 0 N–H and O–H groups in total. The zero-order chi connectivity index (χ0) is 11.4. The van der Waals surface area contributed by atoms with Crippen LogP contribution >= 0.6 is 11.6 Å². The molecule has 0 atom stereocenters. The van der Waals surface area contributed by atoms with Crippen molar-refractivity contribution >= 4 is 17.3 Å². The van der Waals surface area contributed by atoms with Crippen molar-refractivity contribution in [3.8, 4) is 11.5 Å². The van der Waals surface area contributed by atoms with Crippen LogP contribution in [0.15, 0.2) is 48.5 Å². The van der Waals surface area contributed by atoms with Crippen molar-refractivity contribution in [3.05, 3.63) is 65.0 Å². The van der Waals surface area contributed by atoms with Crippen molar-refractivity contribution in [1.29, 1.82) is 0 Å². The van der Waals surface area contributed by atoms with E-state index in [9.17, 15) is 0 Å². The molecule has 0 radical (unpaired) electrons. The van der Waals surface area contributed by atoms with E-state index in [1.165, 1.54) is 0 Å². The Bertz CT molecular complexity index is 546. The first-order chi connectivity index (χ1) is 7.78. The molecule has 0 aliphatic rings. The van der Waals surface area contributed by atoms with Crippen LogP contribution in [0, 0.1) is 6.57 Å². The van der Waals surface area contributed by atoms with Gasteiger partial charge < -0.3 is 4.74 Å². The summed E-state index contributed by atoms with van der Waals surface area (Å²) in [6.07, 6.45) is 0. The third kappa shape index (κ3) is 2.53. The second-order valence-electron chi connectivity index (χ2n) is 3.17. The highest BCUT2D eigenvalue weighted by Crippen LogP contribution is 2.26. The Balaban J connectivity index is 2.24. The standard InChI is InChI=1S/C13H8ClNO/c1-15-11-5-3-7-13(9-11)16-12-6-2-4-10(14)8-12/h2-9H. The normalized spacial score (nSPS) is 9.50. The maximum atomic E-state index is 6.90. The molecule has 16 heavy (non-hydrogen) atoms. The molecule has 0 saturated carbocycles. The summed E-state index contributed by atoms with van der Waals surface area (Å²) in [6, 6.07) is 14.2. The lowest BCUT2D eigenvalue weighted by Gasteiger charge is -2.05. The molecule has 0 spiro atoms. The Morgan fingerprint density at radius 2 is 1.69 bits per heavy atom. The van der Waals surface area contributed by atoms with Gasteiger partial charge in [-0.2, -0.15) is 0 Å². The fourth-order valence-corrected chi connectivity index (χ4v) is 1.46. The summed E-state index contributed by atoms with van der Waals surface area (Å²) in [4.78, 5) is 3.33. The fraction of sp³-hybridized carbons (Fsp3) is 0. The summed E-state index contributed by atoms with van der Waals surface area (Å²) in [5, 5.41) is 0.624. The highest BCUT2D eigenvalue weighted by atomic mass is 35.5. The van der Waals surface area contributed by atoms with Crippen LogP contribution in [0.1, 0.15) is 0 Å². The van der Waals surface area contributed by atoms with Crippen LogP contribution in [0.2, 0.25) is 5.02 Å². The van der Waals surface area contributed by atoms with Gasteiger partial charge in [0.05, 0.1) is 6.57 Å². The number of benzene rings is 2. The first-order valence-corrected chi connectivity index (χ1v) is 5.07. The maximum Gasteiger partial charge on any atom is 0.190 e. The molecule has 2 rings (SSSR count). The third-order valence-corrected chi connectivity index (χ3v) is 2.21. The average Bonchev–Trinajstić information content (AvgIpc) is 2.29. The van der Waals surface area contributed by atoms with Crippen molar-refractivity contribution in [2.45, 2.75) is 0 Å². The second-order valence-corrected chi connectivity index (χ2v) is 3.61. The minimum atomic E-state index is 0.555. The van der Waals surface area contributed by atoms with Crippen LogP contribution in [-0.4, -0.2) is 0 Å². The van der Waals surface area contributed by atoms with Crippen LogP contribution in [0.4, 0.5) is 5.69 Å². The Labute approximate surface area is 98.9 Å². The molecule has 0 aliphatic heterocycles. The molecule has 0 aliphatic carbocycles. The lowest BCUT2D eigenvalue weighted by Crippen LogP contribution is -1.82. The molecule has 2 aromatic carbocycles. The summed E-state index contributed by atoms with van der Waals surface area (Å²) in [6.45, 7) is 6.90. The van der Waals surface area contributed by atoms with Gasteiger partial charge in [0.2, 0.25) is 0 Å². The molecule has 2 nitrogen and oxygen atoms in total. The molecule has 0 bridgehead atoms. The monoisotopic (exact) mass is 229 g/mol. The molecule has 0 unspecified atom stereocenters. The minimum absolute atomic E-state index is 0.555. The Kier molecular flexibility index (Phi) is 3.09. The average molecular weight is 230 g/mol. The van der Waals surface area contributed by atoms with E-state index in [-0.39, 0.29) is 0 Å². The van der Waals surface area contributed by atoms with Gasteiger partial charge >= 0.3 is 0 Å². The fourth-order valence-electron chi connectivity index (χ4n) is 1.28. The summed E-state index contributed by atoms with van der Waals surface area (Å²) in [5.74, 6) is 1.30. The quantitative estimate of drug-likeness (QED) is 0.682. The summed E-state index contributed by atoms with van der Waals surface area (Å²) in [5.41, 5.74) is 0.555. The Morgan fingerprint density at radius 3 is 2.38 bits per heavy atom. The summed E-state index contributed by atoms with van der Waals surface area (Å²) in [7, 11) is 0. The molecule has 0 aromatic heterocycles. The van der Waals surface area contributed by atoms with Gasteiger partial charge in [0.15, 0.2) is 5.69 Å². The molecule has 78 valence electrons. The van der Waals surface area contributed by atoms with E-state index >= 15 is 0 Å². The summed E-state index contributed by atoms with van der Waals surface area (Å²) < 4.78 is 5.57.